The van der Waals surface area contributed by atoms with E-state index in [2.05, 4.69) is 83.9 Å². The number of nitrogens with zero attached hydrogens (tertiary/aromatic N) is 3. The first-order chi connectivity index (χ1) is 15.7. The lowest BCUT2D eigenvalue weighted by atomic mass is 10.0. The van der Waals surface area contributed by atoms with Crippen LogP contribution >= 0.6 is 0 Å². The summed E-state index contributed by atoms with van der Waals surface area (Å²) in [6.07, 6.45) is 8.63. The normalized spacial score (nSPS) is 12.0. The molecule has 0 aliphatic carbocycles. The molecule has 0 spiro atoms. The van der Waals surface area contributed by atoms with Crippen molar-refractivity contribution in [3.05, 3.63) is 127 Å². The van der Waals surface area contributed by atoms with Gasteiger partial charge in [-0.3, -0.25) is 0 Å². The summed E-state index contributed by atoms with van der Waals surface area (Å²) < 4.78 is 0. The molecule has 0 N–H and O–H groups in total. The summed E-state index contributed by atoms with van der Waals surface area (Å²) in [5, 5.41) is 0. The number of allylic oxidation sites excluding steroid dienone is 3. The van der Waals surface area contributed by atoms with Crippen LogP contribution in [0.2, 0.25) is 0 Å². The quantitative estimate of drug-likeness (QED) is 0.214. The van der Waals surface area contributed by atoms with Gasteiger partial charge in [-0.1, -0.05) is 110 Å². The van der Waals surface area contributed by atoms with Gasteiger partial charge in [0.05, 0.1) is 0 Å². The average Bonchev–Trinajstić information content (AvgIpc) is 2.85. The molecule has 3 heteroatoms. The second-order valence-electron chi connectivity index (χ2n) is 7.31. The van der Waals surface area contributed by atoms with Crippen LogP contribution in [-0.4, -0.2) is 26.3 Å². The molecular weight excluding hydrogens is 390 g/mol. The lowest BCUT2D eigenvalue weighted by Crippen LogP contribution is -2.19. The van der Waals surface area contributed by atoms with Crippen molar-refractivity contribution in [2.24, 2.45) is 9.98 Å². The van der Waals surface area contributed by atoms with Crippen molar-refractivity contribution in [3.63, 3.8) is 0 Å². The second-order valence-corrected chi connectivity index (χ2v) is 7.31. The summed E-state index contributed by atoms with van der Waals surface area (Å²) in [5.41, 5.74) is 5.60. The second kappa shape index (κ2) is 12.0. The molecule has 3 rings (SSSR count). The minimum Gasteiger partial charge on any atom is -0.355 e. The van der Waals surface area contributed by atoms with Crippen LogP contribution in [0.15, 0.2) is 131 Å². The Balaban J connectivity index is 1.78. The standard InChI is InChI=1S/C29H29N3/c1-4-14-26(20-13-17-24-15-7-5-8-16-24)29(30-2)31-23-32(3)28-22-12-11-21-27(28)25-18-9-6-10-19-25/h4-16,18-22H,1-2,17,23H2,3H3/b20-13-,26-14+,31-29?. The molecule has 0 unspecified atom stereocenters. The first-order valence-corrected chi connectivity index (χ1v) is 10.6. The van der Waals surface area contributed by atoms with Gasteiger partial charge in [-0.15, -0.1) is 0 Å². The Hall–Kier alpha value is -3.98. The van der Waals surface area contributed by atoms with E-state index in [9.17, 15) is 0 Å². The molecule has 0 aliphatic rings. The Morgan fingerprint density at radius 2 is 1.56 bits per heavy atom. The van der Waals surface area contributed by atoms with Crippen molar-refractivity contribution in [1.82, 2.24) is 0 Å². The molecule has 3 aromatic carbocycles. The smallest absolute Gasteiger partial charge is 0.155 e. The monoisotopic (exact) mass is 419 g/mol. The first kappa shape index (κ1) is 22.7. The molecule has 3 aromatic rings. The minimum absolute atomic E-state index is 0.458. The highest BCUT2D eigenvalue weighted by Gasteiger charge is 2.09. The highest BCUT2D eigenvalue weighted by atomic mass is 15.2. The molecule has 3 nitrogen and oxygen atoms in total. The molecule has 32 heavy (non-hydrogen) atoms. The van der Waals surface area contributed by atoms with Crippen LogP contribution in [0.3, 0.4) is 0 Å². The first-order valence-electron chi connectivity index (χ1n) is 10.6. The SMILES string of the molecule is C=C/C=C(\C=C/Cc1ccccc1)C(N=C)=NCN(C)c1ccccc1-c1ccccc1. The molecule has 0 atom stereocenters. The Morgan fingerprint density at radius 3 is 2.25 bits per heavy atom. The number of aliphatic imine (C=N–C) groups is 2. The van der Waals surface area contributed by atoms with Gasteiger partial charge in [0, 0.05) is 23.9 Å². The number of hydrogen-bond donors (Lipinski definition) is 0. The van der Waals surface area contributed by atoms with Gasteiger partial charge in [0.25, 0.3) is 0 Å². The molecule has 160 valence electrons. The molecule has 0 fully saturated rings. The van der Waals surface area contributed by atoms with E-state index in [-0.39, 0.29) is 0 Å². The highest BCUT2D eigenvalue weighted by molar-refractivity contribution is 6.03. The molecule has 0 aliphatic heterocycles. The van der Waals surface area contributed by atoms with Crippen LogP contribution in [0.25, 0.3) is 11.1 Å². The molecule has 0 amide bonds. The van der Waals surface area contributed by atoms with E-state index in [0.29, 0.717) is 12.5 Å². The summed E-state index contributed by atoms with van der Waals surface area (Å²) in [6.45, 7) is 8.03. The van der Waals surface area contributed by atoms with Crippen LogP contribution in [0.4, 0.5) is 5.69 Å². The molecule has 0 saturated carbocycles. The summed E-state index contributed by atoms with van der Waals surface area (Å²) in [6, 6.07) is 29.1. The molecule has 0 aromatic heterocycles. The van der Waals surface area contributed by atoms with Crippen molar-refractivity contribution in [2.45, 2.75) is 6.42 Å². The average molecular weight is 420 g/mol. The van der Waals surface area contributed by atoms with Crippen LogP contribution in [0, 0.1) is 0 Å². The number of anilines is 1. The number of hydrogen-bond acceptors (Lipinski definition) is 2. The zero-order chi connectivity index (χ0) is 22.6. The zero-order valence-electron chi connectivity index (χ0n) is 18.6. The lowest BCUT2D eigenvalue weighted by Gasteiger charge is -2.21. The largest absolute Gasteiger partial charge is 0.355 e. The van der Waals surface area contributed by atoms with Gasteiger partial charge in [-0.25, -0.2) is 9.98 Å². The maximum Gasteiger partial charge on any atom is 0.155 e. The number of benzene rings is 3. The fraction of sp³-hybridized carbons (Fsp3) is 0.103. The van der Waals surface area contributed by atoms with Crippen molar-refractivity contribution < 1.29 is 0 Å². The molecule has 0 radical (unpaired) electrons. The van der Waals surface area contributed by atoms with Gasteiger partial charge >= 0.3 is 0 Å². The Labute approximate surface area is 191 Å². The van der Waals surface area contributed by atoms with Gasteiger partial charge in [-0.2, -0.15) is 0 Å². The highest BCUT2D eigenvalue weighted by Crippen LogP contribution is 2.29. The van der Waals surface area contributed by atoms with E-state index >= 15 is 0 Å². The van der Waals surface area contributed by atoms with Crippen molar-refractivity contribution in [2.75, 3.05) is 18.6 Å². The van der Waals surface area contributed by atoms with Crippen LogP contribution < -0.4 is 4.90 Å². The van der Waals surface area contributed by atoms with E-state index in [4.69, 9.17) is 4.99 Å². The third-order valence-corrected chi connectivity index (χ3v) is 5.03. The third-order valence-electron chi connectivity index (χ3n) is 5.03. The fourth-order valence-corrected chi connectivity index (χ4v) is 3.42. The van der Waals surface area contributed by atoms with Gasteiger partial charge in [0.2, 0.25) is 0 Å². The van der Waals surface area contributed by atoms with E-state index < -0.39 is 0 Å². The molecule has 0 heterocycles. The molecule has 0 saturated heterocycles. The van der Waals surface area contributed by atoms with E-state index in [1.807, 2.05) is 49.5 Å². The predicted molar refractivity (Wildman–Crippen MR) is 140 cm³/mol. The number of para-hydroxylation sites is 1. The minimum atomic E-state index is 0.458. The lowest BCUT2D eigenvalue weighted by molar-refractivity contribution is 0.932. The summed E-state index contributed by atoms with van der Waals surface area (Å²) in [7, 11) is 2.04. The maximum absolute atomic E-state index is 4.74. The Morgan fingerprint density at radius 1 is 0.906 bits per heavy atom. The summed E-state index contributed by atoms with van der Waals surface area (Å²) in [5.74, 6) is 0.596. The topological polar surface area (TPSA) is 28.0 Å². The zero-order valence-corrected chi connectivity index (χ0v) is 18.6. The molecular formula is C29H29N3. The predicted octanol–water partition coefficient (Wildman–Crippen LogP) is 6.76. The van der Waals surface area contributed by atoms with Crippen molar-refractivity contribution in [3.8, 4) is 11.1 Å². The van der Waals surface area contributed by atoms with Crippen molar-refractivity contribution >= 4 is 18.2 Å². The van der Waals surface area contributed by atoms with Gasteiger partial charge in [-0.05, 0) is 30.3 Å². The van der Waals surface area contributed by atoms with Gasteiger partial charge in [0.15, 0.2) is 5.84 Å². The number of amidine groups is 1. The van der Waals surface area contributed by atoms with Gasteiger partial charge < -0.3 is 4.90 Å². The summed E-state index contributed by atoms with van der Waals surface area (Å²) in [4.78, 5) is 11.0. The third kappa shape index (κ3) is 6.26. The Kier molecular flexibility index (Phi) is 8.52. The fourth-order valence-electron chi connectivity index (χ4n) is 3.42. The van der Waals surface area contributed by atoms with Gasteiger partial charge in [0.1, 0.15) is 6.67 Å². The van der Waals surface area contributed by atoms with Crippen LogP contribution in [0.1, 0.15) is 5.56 Å². The van der Waals surface area contributed by atoms with Crippen LogP contribution in [0.5, 0.6) is 0 Å². The Bertz CT molecular complexity index is 1110. The summed E-state index contributed by atoms with van der Waals surface area (Å²) >= 11 is 0. The van der Waals surface area contributed by atoms with Crippen molar-refractivity contribution in [1.29, 1.82) is 0 Å². The molecule has 0 bridgehead atoms. The van der Waals surface area contributed by atoms with E-state index in [0.717, 1.165) is 17.7 Å². The van der Waals surface area contributed by atoms with E-state index in [1.165, 1.54) is 16.7 Å². The number of rotatable bonds is 9. The van der Waals surface area contributed by atoms with E-state index in [1.54, 1.807) is 6.08 Å². The van der Waals surface area contributed by atoms with Crippen LogP contribution in [-0.2, 0) is 6.42 Å². The maximum atomic E-state index is 4.74.